The SMILES string of the molecule is CCNC(C)c1ccccc1OCCCC1CCCO1. The lowest BCUT2D eigenvalue weighted by atomic mass is 10.1. The number of nitrogens with one attached hydrogen (secondary N) is 1. The molecule has 20 heavy (non-hydrogen) atoms. The molecular weight excluding hydrogens is 250 g/mol. The summed E-state index contributed by atoms with van der Waals surface area (Å²) in [6.45, 7) is 6.98. The second-order valence-electron chi connectivity index (χ2n) is 5.44. The molecule has 112 valence electrons. The molecule has 0 amide bonds. The van der Waals surface area contributed by atoms with Crippen LogP contribution in [0.25, 0.3) is 0 Å². The van der Waals surface area contributed by atoms with Gasteiger partial charge in [0.2, 0.25) is 0 Å². The summed E-state index contributed by atoms with van der Waals surface area (Å²) in [6.07, 6.45) is 5.08. The summed E-state index contributed by atoms with van der Waals surface area (Å²) >= 11 is 0. The largest absolute Gasteiger partial charge is 0.493 e. The van der Waals surface area contributed by atoms with Crippen molar-refractivity contribution in [3.05, 3.63) is 29.8 Å². The maximum atomic E-state index is 5.97. The van der Waals surface area contributed by atoms with Crippen molar-refractivity contribution in [2.24, 2.45) is 0 Å². The Balaban J connectivity index is 1.79. The van der Waals surface area contributed by atoms with Crippen LogP contribution in [-0.4, -0.2) is 25.9 Å². The van der Waals surface area contributed by atoms with Crippen LogP contribution in [-0.2, 0) is 4.74 Å². The van der Waals surface area contributed by atoms with Crippen molar-refractivity contribution in [1.29, 1.82) is 0 Å². The molecule has 2 unspecified atom stereocenters. The van der Waals surface area contributed by atoms with E-state index < -0.39 is 0 Å². The first kappa shape index (κ1) is 15.3. The highest BCUT2D eigenvalue weighted by Crippen LogP contribution is 2.25. The fourth-order valence-corrected chi connectivity index (χ4v) is 2.75. The Kier molecular flexibility index (Phi) is 6.34. The fraction of sp³-hybridized carbons (Fsp3) is 0.647. The van der Waals surface area contributed by atoms with E-state index in [0.29, 0.717) is 12.1 Å². The maximum absolute atomic E-state index is 5.97. The van der Waals surface area contributed by atoms with Gasteiger partial charge in [0.05, 0.1) is 12.7 Å². The fourth-order valence-electron chi connectivity index (χ4n) is 2.75. The van der Waals surface area contributed by atoms with Crippen LogP contribution in [0.15, 0.2) is 24.3 Å². The average molecular weight is 277 g/mol. The number of ether oxygens (including phenoxy) is 2. The van der Waals surface area contributed by atoms with Crippen molar-refractivity contribution in [2.45, 2.75) is 51.7 Å². The third-order valence-corrected chi connectivity index (χ3v) is 3.85. The van der Waals surface area contributed by atoms with Crippen molar-refractivity contribution in [3.63, 3.8) is 0 Å². The topological polar surface area (TPSA) is 30.5 Å². The Morgan fingerprint density at radius 2 is 2.25 bits per heavy atom. The van der Waals surface area contributed by atoms with Crippen LogP contribution in [0.4, 0.5) is 0 Å². The molecule has 1 aromatic rings. The van der Waals surface area contributed by atoms with Gasteiger partial charge < -0.3 is 14.8 Å². The first-order chi connectivity index (χ1) is 9.81. The molecule has 3 nitrogen and oxygen atoms in total. The van der Waals surface area contributed by atoms with Gasteiger partial charge in [-0.05, 0) is 45.2 Å². The van der Waals surface area contributed by atoms with Gasteiger partial charge in [-0.3, -0.25) is 0 Å². The zero-order valence-corrected chi connectivity index (χ0v) is 12.7. The summed E-state index contributed by atoms with van der Waals surface area (Å²) < 4.78 is 11.6. The number of benzene rings is 1. The van der Waals surface area contributed by atoms with Gasteiger partial charge in [0.25, 0.3) is 0 Å². The molecule has 1 heterocycles. The number of hydrogen-bond acceptors (Lipinski definition) is 3. The predicted octanol–water partition coefficient (Wildman–Crippen LogP) is 3.70. The van der Waals surface area contributed by atoms with Crippen molar-refractivity contribution in [1.82, 2.24) is 5.32 Å². The molecule has 0 spiro atoms. The smallest absolute Gasteiger partial charge is 0.124 e. The summed E-state index contributed by atoms with van der Waals surface area (Å²) in [6, 6.07) is 8.65. The predicted molar refractivity (Wildman–Crippen MR) is 82.2 cm³/mol. The number of rotatable bonds is 8. The van der Waals surface area contributed by atoms with Gasteiger partial charge in [0.15, 0.2) is 0 Å². The molecule has 0 radical (unpaired) electrons. The van der Waals surface area contributed by atoms with Crippen LogP contribution in [0.3, 0.4) is 0 Å². The van der Waals surface area contributed by atoms with Crippen molar-refractivity contribution >= 4 is 0 Å². The highest BCUT2D eigenvalue weighted by molar-refractivity contribution is 5.35. The average Bonchev–Trinajstić information content (AvgIpc) is 2.97. The van der Waals surface area contributed by atoms with E-state index in [1.807, 2.05) is 6.07 Å². The normalized spacial score (nSPS) is 20.0. The minimum atomic E-state index is 0.328. The van der Waals surface area contributed by atoms with Gasteiger partial charge in [0.1, 0.15) is 5.75 Å². The minimum absolute atomic E-state index is 0.328. The van der Waals surface area contributed by atoms with Crippen LogP contribution in [0, 0.1) is 0 Å². The van der Waals surface area contributed by atoms with Gasteiger partial charge in [-0.15, -0.1) is 0 Å². The van der Waals surface area contributed by atoms with Gasteiger partial charge in [-0.1, -0.05) is 25.1 Å². The first-order valence-corrected chi connectivity index (χ1v) is 7.88. The number of para-hydroxylation sites is 1. The summed E-state index contributed by atoms with van der Waals surface area (Å²) in [5.74, 6) is 1.01. The molecule has 2 rings (SSSR count). The van der Waals surface area contributed by atoms with Crippen molar-refractivity contribution < 1.29 is 9.47 Å². The van der Waals surface area contributed by atoms with E-state index in [0.717, 1.165) is 38.3 Å². The highest BCUT2D eigenvalue weighted by atomic mass is 16.5. The van der Waals surface area contributed by atoms with Gasteiger partial charge >= 0.3 is 0 Å². The minimum Gasteiger partial charge on any atom is -0.493 e. The molecule has 0 bridgehead atoms. The van der Waals surface area contributed by atoms with Gasteiger partial charge in [0, 0.05) is 18.2 Å². The number of hydrogen-bond donors (Lipinski definition) is 1. The van der Waals surface area contributed by atoms with Crippen LogP contribution in [0.5, 0.6) is 5.75 Å². The van der Waals surface area contributed by atoms with Crippen molar-refractivity contribution in [2.75, 3.05) is 19.8 Å². The van der Waals surface area contributed by atoms with Crippen molar-refractivity contribution in [3.8, 4) is 5.75 Å². The molecule has 1 saturated heterocycles. The first-order valence-electron chi connectivity index (χ1n) is 7.88. The molecule has 0 aliphatic carbocycles. The molecule has 1 fully saturated rings. The summed E-state index contributed by atoms with van der Waals surface area (Å²) in [4.78, 5) is 0. The molecule has 1 aromatic carbocycles. The van der Waals surface area contributed by atoms with Crippen LogP contribution >= 0.6 is 0 Å². The standard InChI is InChI=1S/C17H27NO2/c1-3-18-14(2)16-10-4-5-11-17(16)20-13-7-9-15-8-6-12-19-15/h4-5,10-11,14-15,18H,3,6-9,12-13H2,1-2H3. The zero-order valence-electron chi connectivity index (χ0n) is 12.7. The molecule has 2 atom stereocenters. The lowest BCUT2D eigenvalue weighted by Crippen LogP contribution is -2.18. The Hall–Kier alpha value is -1.06. The Morgan fingerprint density at radius 1 is 1.40 bits per heavy atom. The Morgan fingerprint density at radius 3 is 3.00 bits per heavy atom. The molecular formula is C17H27NO2. The molecule has 0 saturated carbocycles. The monoisotopic (exact) mass is 277 g/mol. The second kappa shape index (κ2) is 8.28. The Bertz CT molecular complexity index is 388. The molecule has 3 heteroatoms. The van der Waals surface area contributed by atoms with Crippen LogP contribution in [0.1, 0.15) is 51.1 Å². The highest BCUT2D eigenvalue weighted by Gasteiger charge is 2.15. The van der Waals surface area contributed by atoms with E-state index in [4.69, 9.17) is 9.47 Å². The summed E-state index contributed by atoms with van der Waals surface area (Å²) in [5, 5.41) is 3.44. The molecule has 1 N–H and O–H groups in total. The second-order valence-corrected chi connectivity index (χ2v) is 5.44. The van der Waals surface area contributed by atoms with Crippen LogP contribution < -0.4 is 10.1 Å². The van der Waals surface area contributed by atoms with Gasteiger partial charge in [-0.2, -0.15) is 0 Å². The third-order valence-electron chi connectivity index (χ3n) is 3.85. The lowest BCUT2D eigenvalue weighted by molar-refractivity contribution is 0.0980. The lowest BCUT2D eigenvalue weighted by Gasteiger charge is -2.18. The van der Waals surface area contributed by atoms with Crippen LogP contribution in [0.2, 0.25) is 0 Å². The zero-order chi connectivity index (χ0) is 14.2. The summed E-state index contributed by atoms with van der Waals surface area (Å²) in [5.41, 5.74) is 1.24. The van der Waals surface area contributed by atoms with E-state index in [1.165, 1.54) is 18.4 Å². The molecule has 1 aliphatic heterocycles. The van der Waals surface area contributed by atoms with E-state index >= 15 is 0 Å². The van der Waals surface area contributed by atoms with E-state index in [9.17, 15) is 0 Å². The van der Waals surface area contributed by atoms with Gasteiger partial charge in [-0.25, -0.2) is 0 Å². The van der Waals surface area contributed by atoms with E-state index in [2.05, 4.69) is 37.4 Å². The molecule has 0 aromatic heterocycles. The Labute approximate surface area is 122 Å². The quantitative estimate of drug-likeness (QED) is 0.735. The van der Waals surface area contributed by atoms with E-state index in [1.54, 1.807) is 0 Å². The molecule has 1 aliphatic rings. The summed E-state index contributed by atoms with van der Waals surface area (Å²) in [7, 11) is 0. The third kappa shape index (κ3) is 4.50. The van der Waals surface area contributed by atoms with E-state index in [-0.39, 0.29) is 0 Å². The maximum Gasteiger partial charge on any atom is 0.124 e.